The number of hydrogen-bond donors (Lipinski definition) is 0. The van der Waals surface area contributed by atoms with Gasteiger partial charge in [0.05, 0.1) is 6.61 Å². The molecule has 2 aromatic rings. The predicted molar refractivity (Wildman–Crippen MR) is 66.0 cm³/mol. The summed E-state index contributed by atoms with van der Waals surface area (Å²) in [5, 5.41) is 11.3. The van der Waals surface area contributed by atoms with Gasteiger partial charge >= 0.3 is 5.97 Å². The number of benzene rings is 1. The van der Waals surface area contributed by atoms with Crippen molar-refractivity contribution in [3.63, 3.8) is 0 Å². The maximum Gasteiger partial charge on any atom is 0.327 e. The van der Waals surface area contributed by atoms with E-state index in [1.807, 2.05) is 0 Å². The summed E-state index contributed by atoms with van der Waals surface area (Å²) in [7, 11) is 0. The summed E-state index contributed by atoms with van der Waals surface area (Å²) < 4.78 is 16.8. The first-order valence-electron chi connectivity index (χ1n) is 6.09. The largest absolute Gasteiger partial charge is 0.465 e. The molecule has 0 atom stereocenters. The van der Waals surface area contributed by atoms with E-state index >= 15 is 0 Å². The topological polar surface area (TPSA) is 88.4 Å². The highest BCUT2D eigenvalue weighted by atomic mass is 16.7. The van der Waals surface area contributed by atoms with Gasteiger partial charge < -0.3 is 14.2 Å². The number of carbonyl (C=O) groups is 1. The highest BCUT2D eigenvalue weighted by Crippen LogP contribution is 2.35. The molecule has 0 spiro atoms. The Morgan fingerprint density at radius 3 is 3.10 bits per heavy atom. The average molecular weight is 276 g/mol. The normalized spacial score (nSPS) is 12.4. The molecule has 0 aliphatic carbocycles. The fourth-order valence-electron chi connectivity index (χ4n) is 1.88. The van der Waals surface area contributed by atoms with Crippen molar-refractivity contribution >= 4 is 5.97 Å². The molecule has 0 saturated heterocycles. The van der Waals surface area contributed by atoms with Gasteiger partial charge in [-0.3, -0.25) is 4.79 Å². The van der Waals surface area contributed by atoms with Crippen molar-refractivity contribution in [1.29, 1.82) is 0 Å². The minimum absolute atomic E-state index is 0.0371. The van der Waals surface area contributed by atoms with Gasteiger partial charge in [0.2, 0.25) is 6.79 Å². The van der Waals surface area contributed by atoms with E-state index < -0.39 is 0 Å². The fraction of sp³-hybridized carbons (Fsp3) is 0.333. The molecular weight excluding hydrogens is 264 g/mol. The second-order valence-corrected chi connectivity index (χ2v) is 4.03. The molecule has 0 N–H and O–H groups in total. The van der Waals surface area contributed by atoms with Gasteiger partial charge in [-0.15, -0.1) is 5.10 Å². The molecule has 1 aliphatic heterocycles. The van der Waals surface area contributed by atoms with Crippen LogP contribution in [-0.4, -0.2) is 39.6 Å². The van der Waals surface area contributed by atoms with E-state index in [1.54, 1.807) is 25.1 Å². The first-order chi connectivity index (χ1) is 9.78. The zero-order valence-electron chi connectivity index (χ0n) is 10.8. The Morgan fingerprint density at radius 1 is 1.40 bits per heavy atom. The minimum atomic E-state index is -0.387. The first-order valence-corrected chi connectivity index (χ1v) is 6.09. The maximum absolute atomic E-state index is 11.5. The van der Waals surface area contributed by atoms with Gasteiger partial charge in [-0.25, -0.2) is 4.68 Å². The second kappa shape index (κ2) is 5.16. The number of nitrogens with zero attached hydrogens (tertiary/aromatic N) is 4. The molecule has 2 heterocycles. The summed E-state index contributed by atoms with van der Waals surface area (Å²) in [6.45, 7) is 2.23. The van der Waals surface area contributed by atoms with Crippen LogP contribution < -0.4 is 9.47 Å². The van der Waals surface area contributed by atoms with Gasteiger partial charge in [0, 0.05) is 5.56 Å². The lowest BCUT2D eigenvalue weighted by molar-refractivity contribution is -0.144. The standard InChI is InChI=1S/C12H12N4O4/c1-2-18-11(17)6-16-12(13-14-15-16)8-3-4-9-10(5-8)20-7-19-9/h3-5H,2,6-7H2,1H3. The van der Waals surface area contributed by atoms with E-state index in [0.29, 0.717) is 23.9 Å². The van der Waals surface area contributed by atoms with Crippen LogP contribution in [0.15, 0.2) is 18.2 Å². The third-order valence-electron chi connectivity index (χ3n) is 2.75. The van der Waals surface area contributed by atoms with Gasteiger partial charge in [0.1, 0.15) is 6.54 Å². The molecule has 20 heavy (non-hydrogen) atoms. The van der Waals surface area contributed by atoms with Crippen molar-refractivity contribution in [3.05, 3.63) is 18.2 Å². The van der Waals surface area contributed by atoms with Crippen molar-refractivity contribution < 1.29 is 19.0 Å². The Kier molecular flexibility index (Phi) is 3.20. The Bertz CT molecular complexity index is 640. The number of rotatable bonds is 4. The predicted octanol–water partition coefficient (Wildman–Crippen LogP) is 0.632. The summed E-state index contributed by atoms with van der Waals surface area (Å²) in [6.07, 6.45) is 0. The summed E-state index contributed by atoms with van der Waals surface area (Å²) in [5.74, 6) is 1.39. The van der Waals surface area contributed by atoms with E-state index in [9.17, 15) is 4.79 Å². The molecule has 0 saturated carbocycles. The summed E-state index contributed by atoms with van der Waals surface area (Å²) >= 11 is 0. The van der Waals surface area contributed by atoms with Crippen LogP contribution in [0.3, 0.4) is 0 Å². The SMILES string of the molecule is CCOC(=O)Cn1nnnc1-c1ccc2c(c1)OCO2. The van der Waals surface area contributed by atoms with Gasteiger partial charge in [-0.2, -0.15) is 0 Å². The van der Waals surface area contributed by atoms with Gasteiger partial charge in [0.15, 0.2) is 17.3 Å². The lowest BCUT2D eigenvalue weighted by atomic mass is 10.2. The van der Waals surface area contributed by atoms with Crippen LogP contribution in [0.4, 0.5) is 0 Å². The molecule has 0 amide bonds. The van der Waals surface area contributed by atoms with Crippen LogP contribution in [-0.2, 0) is 16.1 Å². The molecule has 1 aromatic carbocycles. The van der Waals surface area contributed by atoms with Crippen LogP contribution in [0, 0.1) is 0 Å². The number of carbonyl (C=O) groups excluding carboxylic acids is 1. The van der Waals surface area contributed by atoms with E-state index in [4.69, 9.17) is 14.2 Å². The third-order valence-corrected chi connectivity index (χ3v) is 2.75. The Balaban J connectivity index is 1.87. The van der Waals surface area contributed by atoms with Crippen molar-refractivity contribution in [2.24, 2.45) is 0 Å². The molecule has 104 valence electrons. The quantitative estimate of drug-likeness (QED) is 0.757. The van der Waals surface area contributed by atoms with Gasteiger partial charge in [-0.1, -0.05) is 0 Å². The highest BCUT2D eigenvalue weighted by molar-refractivity contribution is 5.70. The Morgan fingerprint density at radius 2 is 2.25 bits per heavy atom. The van der Waals surface area contributed by atoms with Crippen LogP contribution in [0.5, 0.6) is 11.5 Å². The third kappa shape index (κ3) is 2.27. The van der Waals surface area contributed by atoms with Crippen molar-refractivity contribution in [1.82, 2.24) is 20.2 Å². The van der Waals surface area contributed by atoms with Crippen molar-refractivity contribution in [2.45, 2.75) is 13.5 Å². The maximum atomic E-state index is 11.5. The van der Waals surface area contributed by atoms with Crippen molar-refractivity contribution in [3.8, 4) is 22.9 Å². The molecule has 8 nitrogen and oxygen atoms in total. The van der Waals surface area contributed by atoms with Gasteiger partial charge in [0.25, 0.3) is 0 Å². The average Bonchev–Trinajstić information content (AvgIpc) is 3.06. The lowest BCUT2D eigenvalue weighted by Crippen LogP contribution is -2.15. The summed E-state index contributed by atoms with van der Waals surface area (Å²) in [5.41, 5.74) is 0.739. The van der Waals surface area contributed by atoms with Crippen LogP contribution in [0.2, 0.25) is 0 Å². The molecule has 0 fully saturated rings. The number of tetrazole rings is 1. The smallest absolute Gasteiger partial charge is 0.327 e. The molecule has 8 heteroatoms. The molecular formula is C12H12N4O4. The highest BCUT2D eigenvalue weighted by Gasteiger charge is 2.18. The minimum Gasteiger partial charge on any atom is -0.465 e. The first kappa shape index (κ1) is 12.4. The van der Waals surface area contributed by atoms with Crippen LogP contribution >= 0.6 is 0 Å². The summed E-state index contributed by atoms with van der Waals surface area (Å²) in [6, 6.07) is 5.36. The van der Waals surface area contributed by atoms with E-state index in [2.05, 4.69) is 15.5 Å². The molecule has 3 rings (SSSR count). The summed E-state index contributed by atoms with van der Waals surface area (Å²) in [4.78, 5) is 11.5. The van der Waals surface area contributed by atoms with Crippen molar-refractivity contribution in [2.75, 3.05) is 13.4 Å². The second-order valence-electron chi connectivity index (χ2n) is 4.03. The molecule has 0 radical (unpaired) electrons. The number of hydrogen-bond acceptors (Lipinski definition) is 7. The number of esters is 1. The van der Waals surface area contributed by atoms with Crippen LogP contribution in [0.25, 0.3) is 11.4 Å². The van der Waals surface area contributed by atoms with E-state index in [0.717, 1.165) is 5.56 Å². The van der Waals surface area contributed by atoms with E-state index in [1.165, 1.54) is 4.68 Å². The number of ether oxygens (including phenoxy) is 3. The Hall–Kier alpha value is -2.64. The molecule has 0 bridgehead atoms. The number of aromatic nitrogens is 4. The van der Waals surface area contributed by atoms with Crippen LogP contribution in [0.1, 0.15) is 6.92 Å². The zero-order valence-corrected chi connectivity index (χ0v) is 10.8. The Labute approximate surface area is 114 Å². The molecule has 1 aromatic heterocycles. The van der Waals surface area contributed by atoms with E-state index in [-0.39, 0.29) is 19.3 Å². The monoisotopic (exact) mass is 276 g/mol. The van der Waals surface area contributed by atoms with Gasteiger partial charge in [-0.05, 0) is 35.5 Å². The zero-order chi connectivity index (χ0) is 13.9. The molecule has 1 aliphatic rings. The molecule has 0 unspecified atom stereocenters. The number of fused-ring (bicyclic) bond motifs is 1. The fourth-order valence-corrected chi connectivity index (χ4v) is 1.88. The lowest BCUT2D eigenvalue weighted by Gasteiger charge is -2.05.